The summed E-state index contributed by atoms with van der Waals surface area (Å²) < 4.78 is 33.8. The van der Waals surface area contributed by atoms with Gasteiger partial charge in [-0.3, -0.25) is 9.10 Å². The predicted molar refractivity (Wildman–Crippen MR) is 132 cm³/mol. The molecule has 1 amide bonds. The van der Waals surface area contributed by atoms with Crippen molar-refractivity contribution in [1.29, 1.82) is 0 Å². The molecule has 0 heterocycles. The highest BCUT2D eigenvalue weighted by Gasteiger charge is 2.28. The summed E-state index contributed by atoms with van der Waals surface area (Å²) in [5.74, 6) is 0.110. The van der Waals surface area contributed by atoms with E-state index in [0.717, 1.165) is 21.0 Å². The third-order valence-electron chi connectivity index (χ3n) is 5.23. The predicted octanol–water partition coefficient (Wildman–Crippen LogP) is 5.01. The van der Waals surface area contributed by atoms with Crippen molar-refractivity contribution in [2.75, 3.05) is 22.8 Å². The summed E-state index contributed by atoms with van der Waals surface area (Å²) in [6.07, 6.45) is 1.63. The van der Waals surface area contributed by atoms with Crippen LogP contribution in [0.15, 0.2) is 84.3 Å². The highest BCUT2D eigenvalue weighted by molar-refractivity contribution is 7.92. The maximum Gasteiger partial charge on any atom is 0.264 e. The molecule has 0 fully saturated rings. The summed E-state index contributed by atoms with van der Waals surface area (Å²) in [5, 5.41) is 2.77. The molecule has 0 bridgehead atoms. The van der Waals surface area contributed by atoms with Gasteiger partial charge in [-0.25, -0.2) is 8.42 Å². The van der Waals surface area contributed by atoms with Gasteiger partial charge >= 0.3 is 0 Å². The van der Waals surface area contributed by atoms with Crippen molar-refractivity contribution in [3.05, 3.63) is 96.1 Å². The lowest BCUT2D eigenvalue weighted by Crippen LogP contribution is -2.38. The van der Waals surface area contributed by atoms with Crippen LogP contribution in [0.5, 0.6) is 5.75 Å². The molecule has 6 nitrogen and oxygen atoms in total. The minimum absolute atomic E-state index is 0.127. The smallest absolute Gasteiger partial charge is 0.264 e. The highest BCUT2D eigenvalue weighted by atomic mass is 32.2. The molecule has 3 rings (SSSR count). The van der Waals surface area contributed by atoms with E-state index in [9.17, 15) is 13.2 Å². The molecule has 33 heavy (non-hydrogen) atoms. The van der Waals surface area contributed by atoms with Gasteiger partial charge in [0.05, 0.1) is 10.6 Å². The van der Waals surface area contributed by atoms with Gasteiger partial charge in [0.1, 0.15) is 18.9 Å². The molecule has 3 aromatic rings. The molecular weight excluding hydrogens is 436 g/mol. The van der Waals surface area contributed by atoms with Crippen molar-refractivity contribution < 1.29 is 17.9 Å². The van der Waals surface area contributed by atoms with Gasteiger partial charge in [0.2, 0.25) is 5.91 Å². The fraction of sp³-hybridized carbons (Fsp3) is 0.192. The first kappa shape index (κ1) is 24.1. The molecule has 0 saturated carbocycles. The number of aryl methyl sites for hydroxylation is 2. The Balaban J connectivity index is 1.93. The van der Waals surface area contributed by atoms with Crippen molar-refractivity contribution in [2.24, 2.45) is 0 Å². The molecule has 3 aromatic carbocycles. The minimum atomic E-state index is -3.98. The second-order valence-corrected chi connectivity index (χ2v) is 9.58. The van der Waals surface area contributed by atoms with Gasteiger partial charge < -0.3 is 10.1 Å². The van der Waals surface area contributed by atoms with E-state index in [2.05, 4.69) is 11.9 Å². The van der Waals surface area contributed by atoms with Crippen LogP contribution in [0.1, 0.15) is 16.7 Å². The van der Waals surface area contributed by atoms with Gasteiger partial charge in [-0.05, 0) is 62.2 Å². The van der Waals surface area contributed by atoms with Gasteiger partial charge in [-0.1, -0.05) is 48.6 Å². The Kier molecular flexibility index (Phi) is 7.55. The average molecular weight is 465 g/mol. The Bertz CT molecular complexity index is 1250. The number of anilines is 2. The monoisotopic (exact) mass is 464 g/mol. The van der Waals surface area contributed by atoms with Crippen molar-refractivity contribution >= 4 is 27.3 Å². The van der Waals surface area contributed by atoms with Crippen molar-refractivity contribution in [2.45, 2.75) is 25.7 Å². The number of nitrogens with zero attached hydrogens (tertiary/aromatic N) is 1. The molecule has 0 aromatic heterocycles. The first-order chi connectivity index (χ1) is 15.7. The van der Waals surface area contributed by atoms with Crippen LogP contribution in [0.25, 0.3) is 0 Å². The lowest BCUT2D eigenvalue weighted by Gasteiger charge is -2.26. The third kappa shape index (κ3) is 5.81. The number of hydrogen-bond donors (Lipinski definition) is 1. The summed E-state index contributed by atoms with van der Waals surface area (Å²) in [5.41, 5.74) is 3.65. The minimum Gasteiger partial charge on any atom is -0.489 e. The maximum absolute atomic E-state index is 13.6. The van der Waals surface area contributed by atoms with Crippen molar-refractivity contribution in [3.8, 4) is 5.75 Å². The summed E-state index contributed by atoms with van der Waals surface area (Å²) in [7, 11) is -3.98. The average Bonchev–Trinajstić information content (AvgIpc) is 2.78. The number of benzene rings is 3. The Morgan fingerprint density at radius 3 is 2.42 bits per heavy atom. The number of carbonyl (C=O) groups is 1. The number of nitrogens with one attached hydrogen (secondary N) is 1. The van der Waals surface area contributed by atoms with E-state index >= 15 is 0 Å². The van der Waals surface area contributed by atoms with Crippen LogP contribution in [-0.4, -0.2) is 27.5 Å². The Hall–Kier alpha value is -3.58. The number of rotatable bonds is 9. The van der Waals surface area contributed by atoms with Crippen LogP contribution in [0, 0.1) is 20.8 Å². The molecule has 0 aliphatic rings. The summed E-state index contributed by atoms with van der Waals surface area (Å²) >= 11 is 0. The molecule has 7 heteroatoms. The van der Waals surface area contributed by atoms with E-state index in [0.29, 0.717) is 23.7 Å². The van der Waals surface area contributed by atoms with Crippen LogP contribution in [-0.2, 0) is 14.8 Å². The van der Waals surface area contributed by atoms with Crippen LogP contribution < -0.4 is 14.4 Å². The topological polar surface area (TPSA) is 75.7 Å². The lowest BCUT2D eigenvalue weighted by atomic mass is 10.1. The van der Waals surface area contributed by atoms with Gasteiger partial charge in [-0.15, -0.1) is 0 Å². The normalized spacial score (nSPS) is 11.0. The number of ether oxygens (including phenoxy) is 1. The zero-order valence-corrected chi connectivity index (χ0v) is 19.9. The van der Waals surface area contributed by atoms with Crippen LogP contribution in [0.4, 0.5) is 11.4 Å². The standard InChI is InChI=1S/C26H28N2O4S/c1-5-16-32-23-10-7-9-22(17-23)27-26(29)18-28(25-11-6-8-20(3)21(25)4)33(30,31)24-14-12-19(2)13-15-24/h5-15,17H,1,16,18H2,2-4H3,(H,27,29). The van der Waals surface area contributed by atoms with Gasteiger partial charge in [0.25, 0.3) is 10.0 Å². The fourth-order valence-corrected chi connectivity index (χ4v) is 4.77. The first-order valence-electron chi connectivity index (χ1n) is 10.5. The quantitative estimate of drug-likeness (QED) is 0.452. The van der Waals surface area contributed by atoms with E-state index in [1.807, 2.05) is 26.8 Å². The van der Waals surface area contributed by atoms with Gasteiger partial charge in [0, 0.05) is 11.8 Å². The molecule has 1 N–H and O–H groups in total. The molecular formula is C26H28N2O4S. The van der Waals surface area contributed by atoms with Gasteiger partial charge in [0.15, 0.2) is 0 Å². The molecule has 0 atom stereocenters. The summed E-state index contributed by atoms with van der Waals surface area (Å²) in [6.45, 7) is 9.22. The number of carbonyl (C=O) groups excluding carboxylic acids is 1. The third-order valence-corrected chi connectivity index (χ3v) is 7.00. The molecule has 0 aliphatic heterocycles. The number of sulfonamides is 1. The van der Waals surface area contributed by atoms with E-state index in [4.69, 9.17) is 4.74 Å². The second-order valence-electron chi connectivity index (χ2n) is 7.72. The van der Waals surface area contributed by atoms with Crippen molar-refractivity contribution in [1.82, 2.24) is 0 Å². The Morgan fingerprint density at radius 1 is 1.03 bits per heavy atom. The van der Waals surface area contributed by atoms with Crippen LogP contribution >= 0.6 is 0 Å². The fourth-order valence-electron chi connectivity index (χ4n) is 3.29. The Morgan fingerprint density at radius 2 is 1.73 bits per heavy atom. The molecule has 0 unspecified atom stereocenters. The van der Waals surface area contributed by atoms with E-state index < -0.39 is 15.9 Å². The maximum atomic E-state index is 13.6. The molecule has 0 aliphatic carbocycles. The SMILES string of the molecule is C=CCOc1cccc(NC(=O)CN(c2cccc(C)c2C)S(=O)(=O)c2ccc(C)cc2)c1. The number of amides is 1. The molecule has 0 spiro atoms. The zero-order chi connectivity index (χ0) is 24.0. The zero-order valence-electron chi connectivity index (χ0n) is 19.0. The van der Waals surface area contributed by atoms with E-state index in [1.165, 1.54) is 0 Å². The molecule has 0 radical (unpaired) electrons. The summed E-state index contributed by atoms with van der Waals surface area (Å²) in [6, 6.07) is 18.9. The Labute approximate surface area is 195 Å². The summed E-state index contributed by atoms with van der Waals surface area (Å²) in [4.78, 5) is 13.1. The van der Waals surface area contributed by atoms with Gasteiger partial charge in [-0.2, -0.15) is 0 Å². The van der Waals surface area contributed by atoms with E-state index in [-0.39, 0.29) is 11.4 Å². The number of hydrogen-bond acceptors (Lipinski definition) is 4. The van der Waals surface area contributed by atoms with E-state index in [1.54, 1.807) is 66.7 Å². The molecule has 172 valence electrons. The first-order valence-corrected chi connectivity index (χ1v) is 12.0. The highest BCUT2D eigenvalue weighted by Crippen LogP contribution is 2.29. The van der Waals surface area contributed by atoms with Crippen molar-refractivity contribution in [3.63, 3.8) is 0 Å². The molecule has 0 saturated heterocycles. The van der Waals surface area contributed by atoms with Crippen LogP contribution in [0.3, 0.4) is 0 Å². The lowest BCUT2D eigenvalue weighted by molar-refractivity contribution is -0.114. The van der Waals surface area contributed by atoms with Crippen LogP contribution in [0.2, 0.25) is 0 Å². The largest absolute Gasteiger partial charge is 0.489 e. The second kappa shape index (κ2) is 10.4.